The number of halogens is 1. The molecule has 0 N–H and O–H groups in total. The number of likely N-dealkylation sites (N-methyl/N-ethyl adjacent to an activating group) is 1. The van der Waals surface area contributed by atoms with Gasteiger partial charge >= 0.3 is 5.97 Å². The number of benzene rings is 1. The van der Waals surface area contributed by atoms with E-state index < -0.39 is 5.97 Å². The topological polar surface area (TPSA) is 46.6 Å². The van der Waals surface area contributed by atoms with Crippen LogP contribution in [0.5, 0.6) is 0 Å². The number of ether oxygens (including phenoxy) is 1. The lowest BCUT2D eigenvalue weighted by Gasteiger charge is -2.15. The second-order valence-electron chi connectivity index (χ2n) is 3.57. The fourth-order valence-corrected chi connectivity index (χ4v) is 2.10. The number of esters is 1. The van der Waals surface area contributed by atoms with Gasteiger partial charge in [0.15, 0.2) is 0 Å². The van der Waals surface area contributed by atoms with Crippen molar-refractivity contribution in [2.45, 2.75) is 4.90 Å². The second-order valence-corrected chi connectivity index (χ2v) is 5.05. The van der Waals surface area contributed by atoms with Gasteiger partial charge in [-0.15, -0.1) is 11.8 Å². The molecule has 0 aromatic heterocycles. The third-order valence-electron chi connectivity index (χ3n) is 2.20. The van der Waals surface area contributed by atoms with Gasteiger partial charge in [-0.2, -0.15) is 0 Å². The van der Waals surface area contributed by atoms with Crippen LogP contribution in [0.1, 0.15) is 0 Å². The molecule has 0 aliphatic carbocycles. The Morgan fingerprint density at radius 2 is 1.94 bits per heavy atom. The highest BCUT2D eigenvalue weighted by atomic mass is 35.5. The maximum Gasteiger partial charge on any atom is 0.325 e. The number of carbonyl (C=O) groups is 2. The van der Waals surface area contributed by atoms with Gasteiger partial charge in [-0.05, 0) is 24.3 Å². The third-order valence-corrected chi connectivity index (χ3v) is 3.44. The molecule has 0 bridgehead atoms. The van der Waals surface area contributed by atoms with Gasteiger partial charge in [0.2, 0.25) is 5.91 Å². The van der Waals surface area contributed by atoms with Crippen LogP contribution in [-0.4, -0.2) is 43.2 Å². The van der Waals surface area contributed by atoms with Crippen molar-refractivity contribution in [2.75, 3.05) is 26.5 Å². The molecule has 0 unspecified atom stereocenters. The van der Waals surface area contributed by atoms with Gasteiger partial charge in [0.25, 0.3) is 0 Å². The summed E-state index contributed by atoms with van der Waals surface area (Å²) in [5, 5.41) is 0.661. The molecule has 0 aliphatic rings. The maximum atomic E-state index is 11.7. The molecule has 1 aromatic rings. The number of hydrogen-bond acceptors (Lipinski definition) is 4. The smallest absolute Gasteiger partial charge is 0.325 e. The van der Waals surface area contributed by atoms with Gasteiger partial charge in [0.1, 0.15) is 6.54 Å². The van der Waals surface area contributed by atoms with Crippen molar-refractivity contribution in [3.63, 3.8) is 0 Å². The van der Waals surface area contributed by atoms with E-state index >= 15 is 0 Å². The second kappa shape index (κ2) is 7.28. The van der Waals surface area contributed by atoms with Crippen LogP contribution in [0.25, 0.3) is 0 Å². The van der Waals surface area contributed by atoms with Crippen LogP contribution in [0.4, 0.5) is 0 Å². The number of methoxy groups -OCH3 is 1. The van der Waals surface area contributed by atoms with E-state index in [1.165, 1.54) is 23.8 Å². The number of hydrogen-bond donors (Lipinski definition) is 0. The van der Waals surface area contributed by atoms with Crippen molar-refractivity contribution in [1.29, 1.82) is 0 Å². The maximum absolute atomic E-state index is 11.7. The number of rotatable bonds is 5. The van der Waals surface area contributed by atoms with E-state index in [1.807, 2.05) is 12.1 Å². The van der Waals surface area contributed by atoms with Gasteiger partial charge in [0.05, 0.1) is 12.9 Å². The summed E-state index contributed by atoms with van der Waals surface area (Å²) in [7, 11) is 2.87. The summed E-state index contributed by atoms with van der Waals surface area (Å²) < 4.78 is 4.49. The van der Waals surface area contributed by atoms with E-state index in [0.29, 0.717) is 5.02 Å². The summed E-state index contributed by atoms with van der Waals surface area (Å²) in [6.07, 6.45) is 0. The van der Waals surface area contributed by atoms with Crippen molar-refractivity contribution in [3.05, 3.63) is 29.3 Å². The fourth-order valence-electron chi connectivity index (χ4n) is 1.13. The van der Waals surface area contributed by atoms with E-state index in [0.717, 1.165) is 4.90 Å². The zero-order valence-corrected chi connectivity index (χ0v) is 11.8. The van der Waals surface area contributed by atoms with Gasteiger partial charge in [0, 0.05) is 17.0 Å². The lowest BCUT2D eigenvalue weighted by Crippen LogP contribution is -2.33. The molecule has 1 aromatic carbocycles. The molecule has 0 atom stereocenters. The molecular weight excluding hydrogens is 274 g/mol. The highest BCUT2D eigenvalue weighted by Gasteiger charge is 2.13. The third kappa shape index (κ3) is 4.98. The molecule has 1 rings (SSSR count). The standard InChI is InChI=1S/C12H14ClNO3S/c1-14(7-12(16)17-2)11(15)8-18-10-5-3-9(13)4-6-10/h3-6H,7-8H2,1-2H3. The Morgan fingerprint density at radius 1 is 1.33 bits per heavy atom. The molecule has 6 heteroatoms. The SMILES string of the molecule is COC(=O)CN(C)C(=O)CSc1ccc(Cl)cc1. The molecule has 18 heavy (non-hydrogen) atoms. The Balaban J connectivity index is 2.41. The number of nitrogens with zero attached hydrogens (tertiary/aromatic N) is 1. The van der Waals surface area contributed by atoms with Crippen LogP contribution in [0.15, 0.2) is 29.2 Å². The highest BCUT2D eigenvalue weighted by Crippen LogP contribution is 2.20. The van der Waals surface area contributed by atoms with Crippen molar-refractivity contribution in [1.82, 2.24) is 4.90 Å². The average molecular weight is 288 g/mol. The molecule has 0 spiro atoms. The normalized spacial score (nSPS) is 9.94. The van der Waals surface area contributed by atoms with Crippen LogP contribution in [0.2, 0.25) is 5.02 Å². The van der Waals surface area contributed by atoms with Crippen molar-refractivity contribution in [2.24, 2.45) is 0 Å². The molecule has 0 aliphatic heterocycles. The number of amides is 1. The van der Waals surface area contributed by atoms with E-state index in [9.17, 15) is 9.59 Å². The van der Waals surface area contributed by atoms with Crippen LogP contribution in [0.3, 0.4) is 0 Å². The molecule has 0 saturated carbocycles. The lowest BCUT2D eigenvalue weighted by molar-refractivity contribution is -0.145. The van der Waals surface area contributed by atoms with Crippen molar-refractivity contribution < 1.29 is 14.3 Å². The minimum atomic E-state index is -0.428. The van der Waals surface area contributed by atoms with Gasteiger partial charge in [-0.3, -0.25) is 9.59 Å². The summed E-state index contributed by atoms with van der Waals surface area (Å²) in [6.45, 7) is -0.0312. The van der Waals surface area contributed by atoms with Crippen LogP contribution in [-0.2, 0) is 14.3 Å². The summed E-state index contributed by atoms with van der Waals surface area (Å²) in [5.41, 5.74) is 0. The van der Waals surface area contributed by atoms with Crippen LogP contribution >= 0.6 is 23.4 Å². The molecule has 1 amide bonds. The van der Waals surface area contributed by atoms with Crippen LogP contribution < -0.4 is 0 Å². The Hall–Kier alpha value is -1.20. The first-order chi connectivity index (χ1) is 8.52. The Labute approximate surface area is 115 Å². The summed E-state index contributed by atoms with van der Waals surface area (Å²) >= 11 is 7.16. The first kappa shape index (κ1) is 14.9. The molecule has 98 valence electrons. The summed E-state index contributed by atoms with van der Waals surface area (Å²) in [5.74, 6) is -0.280. The molecule has 0 fully saturated rings. The van der Waals surface area contributed by atoms with Gasteiger partial charge in [-0.1, -0.05) is 11.6 Å². The summed E-state index contributed by atoms with van der Waals surface area (Å²) in [4.78, 5) is 25.0. The monoisotopic (exact) mass is 287 g/mol. The van der Waals surface area contributed by atoms with Crippen molar-refractivity contribution >= 4 is 35.2 Å². The van der Waals surface area contributed by atoms with E-state index in [4.69, 9.17) is 11.6 Å². The Bertz CT molecular complexity index is 422. The minimum Gasteiger partial charge on any atom is -0.468 e. The zero-order chi connectivity index (χ0) is 13.5. The van der Waals surface area contributed by atoms with Crippen molar-refractivity contribution in [3.8, 4) is 0 Å². The lowest BCUT2D eigenvalue weighted by atomic mass is 10.4. The highest BCUT2D eigenvalue weighted by molar-refractivity contribution is 8.00. The molecule has 0 saturated heterocycles. The van der Waals surface area contributed by atoms with E-state index in [1.54, 1.807) is 19.2 Å². The molecular formula is C12H14ClNO3S. The quantitative estimate of drug-likeness (QED) is 0.614. The first-order valence-corrected chi connectivity index (χ1v) is 6.58. The Kier molecular flexibility index (Phi) is 6.01. The van der Waals surface area contributed by atoms with E-state index in [-0.39, 0.29) is 18.2 Å². The predicted octanol–water partition coefficient (Wildman–Crippen LogP) is 2.06. The fraction of sp³-hybridized carbons (Fsp3) is 0.333. The van der Waals surface area contributed by atoms with E-state index in [2.05, 4.69) is 4.74 Å². The molecule has 4 nitrogen and oxygen atoms in total. The molecule has 0 radical (unpaired) electrons. The van der Waals surface area contributed by atoms with Gasteiger partial charge < -0.3 is 9.64 Å². The minimum absolute atomic E-state index is 0.0312. The van der Waals surface area contributed by atoms with Gasteiger partial charge in [-0.25, -0.2) is 0 Å². The largest absolute Gasteiger partial charge is 0.468 e. The van der Waals surface area contributed by atoms with Crippen LogP contribution in [0, 0.1) is 0 Å². The predicted molar refractivity (Wildman–Crippen MR) is 71.8 cm³/mol. The summed E-state index contributed by atoms with van der Waals surface area (Å²) in [6, 6.07) is 7.24. The number of carbonyl (C=O) groups excluding carboxylic acids is 2. The molecule has 0 heterocycles. The average Bonchev–Trinajstić information content (AvgIpc) is 2.37. The Morgan fingerprint density at radius 3 is 2.50 bits per heavy atom. The first-order valence-electron chi connectivity index (χ1n) is 5.22. The zero-order valence-electron chi connectivity index (χ0n) is 10.2. The number of thioether (sulfide) groups is 1.